The van der Waals surface area contributed by atoms with E-state index < -0.39 is 0 Å². The van der Waals surface area contributed by atoms with Gasteiger partial charge in [-0.15, -0.1) is 0 Å². The number of amidine groups is 1. The minimum Gasteiger partial charge on any atom is -0.388 e. The lowest BCUT2D eigenvalue weighted by Crippen LogP contribution is -2.31. The van der Waals surface area contributed by atoms with Crippen molar-refractivity contribution in [3.8, 4) is 0 Å². The number of nitrogens with one attached hydrogen (secondary N) is 1. The Morgan fingerprint density at radius 3 is 2.50 bits per heavy atom. The van der Waals surface area contributed by atoms with Crippen LogP contribution >= 0.6 is 0 Å². The summed E-state index contributed by atoms with van der Waals surface area (Å²) >= 11 is 0. The number of hydrogen-bond donors (Lipinski definition) is 2. The van der Waals surface area contributed by atoms with Gasteiger partial charge in [-0.1, -0.05) is 32.0 Å². The second kappa shape index (κ2) is 9.37. The van der Waals surface area contributed by atoms with Gasteiger partial charge >= 0.3 is 0 Å². The molecule has 3 N–H and O–H groups in total. The van der Waals surface area contributed by atoms with E-state index in [0.29, 0.717) is 18.9 Å². The Balaban J connectivity index is 2.41. The van der Waals surface area contributed by atoms with Crippen molar-refractivity contribution >= 4 is 11.5 Å². The van der Waals surface area contributed by atoms with Crippen LogP contribution in [0.1, 0.15) is 26.7 Å². The van der Waals surface area contributed by atoms with E-state index in [-0.39, 0.29) is 5.84 Å². The molecule has 4 heteroatoms. The van der Waals surface area contributed by atoms with Crippen molar-refractivity contribution in [1.29, 1.82) is 5.41 Å². The summed E-state index contributed by atoms with van der Waals surface area (Å²) in [5, 5.41) is 7.36. The number of benzene rings is 1. The topological polar surface area (TPSA) is 62.3 Å². The standard InChI is InChI=1S/C16H27N3O/c1-14(2)9-12-20-13-11-19(10-8-16(17)18)15-6-4-3-5-7-15/h3-7,14H,8-13H2,1-2H3,(H3,17,18). The molecule has 0 saturated carbocycles. The largest absolute Gasteiger partial charge is 0.388 e. The predicted octanol–water partition coefficient (Wildman–Crippen LogP) is 2.88. The van der Waals surface area contributed by atoms with Gasteiger partial charge in [-0.3, -0.25) is 5.41 Å². The van der Waals surface area contributed by atoms with E-state index in [4.69, 9.17) is 15.9 Å². The van der Waals surface area contributed by atoms with Crippen LogP contribution in [0.25, 0.3) is 0 Å². The van der Waals surface area contributed by atoms with E-state index in [1.165, 1.54) is 0 Å². The van der Waals surface area contributed by atoms with Crippen molar-refractivity contribution in [3.05, 3.63) is 30.3 Å². The number of nitrogens with two attached hydrogens (primary N) is 1. The molecule has 0 radical (unpaired) electrons. The molecule has 0 spiro atoms. The lowest BCUT2D eigenvalue weighted by molar-refractivity contribution is 0.129. The van der Waals surface area contributed by atoms with E-state index in [9.17, 15) is 0 Å². The molecule has 0 amide bonds. The van der Waals surface area contributed by atoms with Crippen LogP contribution in [-0.2, 0) is 4.74 Å². The van der Waals surface area contributed by atoms with Gasteiger partial charge in [0.25, 0.3) is 0 Å². The highest BCUT2D eigenvalue weighted by atomic mass is 16.5. The smallest absolute Gasteiger partial charge is 0.0923 e. The molecule has 0 aliphatic rings. The van der Waals surface area contributed by atoms with Crippen molar-refractivity contribution in [2.24, 2.45) is 11.7 Å². The number of para-hydroxylation sites is 1. The van der Waals surface area contributed by atoms with Gasteiger partial charge < -0.3 is 15.4 Å². The molecule has 1 aromatic rings. The summed E-state index contributed by atoms with van der Waals surface area (Å²) in [6.07, 6.45) is 1.68. The summed E-state index contributed by atoms with van der Waals surface area (Å²) in [6, 6.07) is 10.2. The van der Waals surface area contributed by atoms with Crippen LogP contribution in [0.5, 0.6) is 0 Å². The average molecular weight is 277 g/mol. The molecular formula is C16H27N3O. The fraction of sp³-hybridized carbons (Fsp3) is 0.562. The minimum atomic E-state index is 0.228. The second-order valence-electron chi connectivity index (χ2n) is 5.39. The maximum absolute atomic E-state index is 7.36. The van der Waals surface area contributed by atoms with E-state index in [1.54, 1.807) is 0 Å². The summed E-state index contributed by atoms with van der Waals surface area (Å²) in [7, 11) is 0. The lowest BCUT2D eigenvalue weighted by Gasteiger charge is -2.24. The van der Waals surface area contributed by atoms with Gasteiger partial charge in [0.1, 0.15) is 0 Å². The fourth-order valence-corrected chi connectivity index (χ4v) is 1.86. The SMILES string of the molecule is CC(C)CCOCCN(CCC(=N)N)c1ccccc1. The number of ether oxygens (including phenoxy) is 1. The molecule has 0 heterocycles. The number of anilines is 1. The third-order valence-electron chi connectivity index (χ3n) is 3.12. The molecule has 1 aromatic carbocycles. The van der Waals surface area contributed by atoms with Gasteiger partial charge in [-0.25, -0.2) is 0 Å². The van der Waals surface area contributed by atoms with Crippen LogP contribution in [0.3, 0.4) is 0 Å². The minimum absolute atomic E-state index is 0.228. The van der Waals surface area contributed by atoms with Gasteiger partial charge in [0, 0.05) is 31.8 Å². The van der Waals surface area contributed by atoms with Crippen molar-refractivity contribution in [2.45, 2.75) is 26.7 Å². The molecule has 0 aliphatic heterocycles. The number of rotatable bonds is 10. The normalized spacial score (nSPS) is 10.8. The fourth-order valence-electron chi connectivity index (χ4n) is 1.86. The van der Waals surface area contributed by atoms with Crippen molar-refractivity contribution in [1.82, 2.24) is 0 Å². The molecular weight excluding hydrogens is 250 g/mol. The number of hydrogen-bond acceptors (Lipinski definition) is 3. The highest BCUT2D eigenvalue weighted by Gasteiger charge is 2.06. The van der Waals surface area contributed by atoms with Crippen LogP contribution in [0.2, 0.25) is 0 Å². The molecule has 0 atom stereocenters. The van der Waals surface area contributed by atoms with Crippen LogP contribution in [0, 0.1) is 11.3 Å². The molecule has 0 aliphatic carbocycles. The Morgan fingerprint density at radius 1 is 1.20 bits per heavy atom. The monoisotopic (exact) mass is 277 g/mol. The van der Waals surface area contributed by atoms with Gasteiger partial charge in [-0.2, -0.15) is 0 Å². The molecule has 1 rings (SSSR count). The summed E-state index contributed by atoms with van der Waals surface area (Å²) in [4.78, 5) is 2.22. The molecule has 0 saturated heterocycles. The average Bonchev–Trinajstić information content (AvgIpc) is 2.42. The maximum Gasteiger partial charge on any atom is 0.0923 e. The van der Waals surface area contributed by atoms with Gasteiger partial charge in [-0.05, 0) is 24.5 Å². The summed E-state index contributed by atoms with van der Waals surface area (Å²) in [6.45, 7) is 7.51. The van der Waals surface area contributed by atoms with E-state index in [2.05, 4.69) is 30.9 Å². The summed E-state index contributed by atoms with van der Waals surface area (Å²) in [5.41, 5.74) is 6.61. The molecule has 4 nitrogen and oxygen atoms in total. The Labute approximate surface area is 122 Å². The highest BCUT2D eigenvalue weighted by molar-refractivity contribution is 5.77. The Morgan fingerprint density at radius 2 is 1.90 bits per heavy atom. The first-order chi connectivity index (χ1) is 9.59. The second-order valence-corrected chi connectivity index (χ2v) is 5.39. The van der Waals surface area contributed by atoms with Crippen LogP contribution < -0.4 is 10.6 Å². The quantitative estimate of drug-likeness (QED) is 0.393. The highest BCUT2D eigenvalue weighted by Crippen LogP contribution is 2.13. The van der Waals surface area contributed by atoms with E-state index >= 15 is 0 Å². The first-order valence-corrected chi connectivity index (χ1v) is 7.30. The van der Waals surface area contributed by atoms with Gasteiger partial charge in [0.05, 0.1) is 12.4 Å². The van der Waals surface area contributed by atoms with Crippen molar-refractivity contribution in [3.63, 3.8) is 0 Å². The first-order valence-electron chi connectivity index (χ1n) is 7.30. The Kier molecular flexibility index (Phi) is 7.73. The first kappa shape index (κ1) is 16.5. The zero-order valence-corrected chi connectivity index (χ0v) is 12.6. The van der Waals surface area contributed by atoms with Crippen LogP contribution in [0.4, 0.5) is 5.69 Å². The molecule has 0 fully saturated rings. The molecule has 0 unspecified atom stereocenters. The molecule has 112 valence electrons. The molecule has 0 bridgehead atoms. The number of nitrogens with zero attached hydrogens (tertiary/aromatic N) is 1. The molecule has 20 heavy (non-hydrogen) atoms. The van der Waals surface area contributed by atoms with Gasteiger partial charge in [0.15, 0.2) is 0 Å². The summed E-state index contributed by atoms with van der Waals surface area (Å²) < 4.78 is 5.68. The van der Waals surface area contributed by atoms with Gasteiger partial charge in [0.2, 0.25) is 0 Å². The lowest BCUT2D eigenvalue weighted by atomic mass is 10.1. The van der Waals surface area contributed by atoms with Crippen molar-refractivity contribution in [2.75, 3.05) is 31.2 Å². The van der Waals surface area contributed by atoms with Crippen LogP contribution in [-0.4, -0.2) is 32.1 Å². The predicted molar refractivity (Wildman–Crippen MR) is 85.5 cm³/mol. The Bertz CT molecular complexity index is 379. The van der Waals surface area contributed by atoms with Crippen LogP contribution in [0.15, 0.2) is 30.3 Å². The molecule has 0 aromatic heterocycles. The maximum atomic E-state index is 7.36. The van der Waals surface area contributed by atoms with E-state index in [0.717, 1.165) is 31.8 Å². The van der Waals surface area contributed by atoms with E-state index in [1.807, 2.05) is 18.2 Å². The zero-order chi connectivity index (χ0) is 14.8. The Hall–Kier alpha value is -1.55. The third kappa shape index (κ3) is 7.14. The van der Waals surface area contributed by atoms with Crippen molar-refractivity contribution < 1.29 is 4.74 Å². The third-order valence-corrected chi connectivity index (χ3v) is 3.12. The summed E-state index contributed by atoms with van der Waals surface area (Å²) in [5.74, 6) is 0.907. The zero-order valence-electron chi connectivity index (χ0n) is 12.6.